The molecule has 1 saturated carbocycles. The van der Waals surface area contributed by atoms with Crippen molar-refractivity contribution in [2.75, 3.05) is 32.0 Å². The highest BCUT2D eigenvalue weighted by atomic mass is 16.1. The van der Waals surface area contributed by atoms with E-state index in [9.17, 15) is 4.79 Å². The van der Waals surface area contributed by atoms with Gasteiger partial charge in [-0.05, 0) is 63.9 Å². The second-order valence-electron chi connectivity index (χ2n) is 10.0. The van der Waals surface area contributed by atoms with E-state index in [2.05, 4.69) is 47.0 Å². The number of nitrogens with one attached hydrogen (secondary N) is 2. The normalized spacial score (nSPS) is 17.6. The van der Waals surface area contributed by atoms with Crippen LogP contribution in [-0.4, -0.2) is 57.9 Å². The predicted molar refractivity (Wildman–Crippen MR) is 132 cm³/mol. The van der Waals surface area contributed by atoms with Crippen LogP contribution in [0.2, 0.25) is 0 Å². The Bertz CT molecular complexity index is 1120. The van der Waals surface area contributed by atoms with Crippen molar-refractivity contribution in [2.24, 2.45) is 5.92 Å². The third-order valence-electron chi connectivity index (χ3n) is 6.68. The molecule has 7 nitrogen and oxygen atoms in total. The molecule has 174 valence electrons. The Balaban J connectivity index is 1.48. The summed E-state index contributed by atoms with van der Waals surface area (Å²) in [5, 5.41) is 6.59. The predicted octanol–water partition coefficient (Wildman–Crippen LogP) is 4.17. The molecular weight excluding hydrogens is 412 g/mol. The summed E-state index contributed by atoms with van der Waals surface area (Å²) in [5.74, 6) is 1.83. The first-order valence-corrected chi connectivity index (χ1v) is 12.2. The van der Waals surface area contributed by atoms with Crippen LogP contribution in [0.4, 0.5) is 5.82 Å². The number of rotatable bonds is 7. The molecule has 1 aromatic carbocycles. The maximum absolute atomic E-state index is 12.4. The molecule has 1 aliphatic heterocycles. The highest BCUT2D eigenvalue weighted by molar-refractivity contribution is 5.95. The summed E-state index contributed by atoms with van der Waals surface area (Å²) in [6.07, 6.45) is 8.50. The van der Waals surface area contributed by atoms with E-state index in [1.165, 1.54) is 0 Å². The first-order chi connectivity index (χ1) is 16.0. The number of nitrogens with zero attached hydrogens (tertiary/aromatic N) is 4. The van der Waals surface area contributed by atoms with Gasteiger partial charge in [0.2, 0.25) is 0 Å². The van der Waals surface area contributed by atoms with E-state index in [1.807, 2.05) is 30.5 Å². The highest BCUT2D eigenvalue weighted by Gasteiger charge is 2.24. The number of benzene rings is 1. The molecular formula is C26H34N6O. The summed E-state index contributed by atoms with van der Waals surface area (Å²) in [5.41, 5.74) is 4.73. The second kappa shape index (κ2) is 9.14. The molecule has 0 radical (unpaired) electrons. The number of carbonyl (C=O) groups excluding carboxylic acids is 1. The lowest BCUT2D eigenvalue weighted by atomic mass is 9.94. The monoisotopic (exact) mass is 446 g/mol. The molecule has 0 atom stereocenters. The number of piperidine rings is 1. The Morgan fingerprint density at radius 2 is 1.85 bits per heavy atom. The fraction of sp³-hybridized carbons (Fsp3) is 0.500. The Morgan fingerprint density at radius 3 is 2.52 bits per heavy atom. The van der Waals surface area contributed by atoms with E-state index >= 15 is 0 Å². The molecule has 5 rings (SSSR count). The van der Waals surface area contributed by atoms with Crippen molar-refractivity contribution in [1.82, 2.24) is 24.6 Å². The zero-order valence-electron chi connectivity index (χ0n) is 19.8. The van der Waals surface area contributed by atoms with Crippen molar-refractivity contribution in [3.63, 3.8) is 0 Å². The molecule has 3 heterocycles. The fourth-order valence-corrected chi connectivity index (χ4v) is 4.43. The molecule has 3 aromatic rings. The van der Waals surface area contributed by atoms with Crippen molar-refractivity contribution >= 4 is 17.4 Å². The maximum Gasteiger partial charge on any atom is 0.251 e. The summed E-state index contributed by atoms with van der Waals surface area (Å²) in [6, 6.07) is 8.20. The van der Waals surface area contributed by atoms with Gasteiger partial charge in [-0.15, -0.1) is 0 Å². The summed E-state index contributed by atoms with van der Waals surface area (Å²) in [7, 11) is 2.19. The van der Waals surface area contributed by atoms with Gasteiger partial charge in [-0.2, -0.15) is 0 Å². The SMILES string of the molecule is CC(C)CNc1nc(C2CCN(C)CC2)cn2c(-c3ccc(C(=O)NC4CC4)cc3)cnc12. The summed E-state index contributed by atoms with van der Waals surface area (Å²) >= 11 is 0. The Morgan fingerprint density at radius 1 is 1.12 bits per heavy atom. The highest BCUT2D eigenvalue weighted by Crippen LogP contribution is 2.31. The number of carbonyl (C=O) groups is 1. The molecule has 2 aliphatic rings. The zero-order valence-corrected chi connectivity index (χ0v) is 19.8. The number of hydrogen-bond donors (Lipinski definition) is 2. The van der Waals surface area contributed by atoms with Crippen molar-refractivity contribution < 1.29 is 4.79 Å². The third-order valence-corrected chi connectivity index (χ3v) is 6.68. The van der Waals surface area contributed by atoms with E-state index in [4.69, 9.17) is 9.97 Å². The van der Waals surface area contributed by atoms with Crippen LogP contribution in [0.25, 0.3) is 16.9 Å². The Hall–Kier alpha value is -2.93. The van der Waals surface area contributed by atoms with Gasteiger partial charge in [0, 0.05) is 35.8 Å². The van der Waals surface area contributed by atoms with Crippen LogP contribution in [0, 0.1) is 5.92 Å². The molecule has 1 saturated heterocycles. The molecule has 7 heteroatoms. The average Bonchev–Trinajstić information content (AvgIpc) is 3.53. The lowest BCUT2D eigenvalue weighted by molar-refractivity contribution is 0.0951. The lowest BCUT2D eigenvalue weighted by Crippen LogP contribution is -2.29. The number of aromatic nitrogens is 3. The number of fused-ring (bicyclic) bond motifs is 1. The number of imidazole rings is 1. The average molecular weight is 447 g/mol. The molecule has 33 heavy (non-hydrogen) atoms. The van der Waals surface area contributed by atoms with Gasteiger partial charge >= 0.3 is 0 Å². The maximum atomic E-state index is 12.4. The van der Waals surface area contributed by atoms with Gasteiger partial charge in [-0.1, -0.05) is 26.0 Å². The first kappa shape index (κ1) is 21.9. The Kier molecular flexibility index (Phi) is 6.06. The number of hydrogen-bond acceptors (Lipinski definition) is 5. The van der Waals surface area contributed by atoms with Gasteiger partial charge in [-0.3, -0.25) is 9.20 Å². The Labute approximate surface area is 195 Å². The van der Waals surface area contributed by atoms with Crippen molar-refractivity contribution in [3.8, 4) is 11.3 Å². The van der Waals surface area contributed by atoms with Crippen LogP contribution < -0.4 is 10.6 Å². The number of amides is 1. The van der Waals surface area contributed by atoms with Crippen LogP contribution in [0.15, 0.2) is 36.7 Å². The number of anilines is 1. The van der Waals surface area contributed by atoms with Gasteiger partial charge in [0.1, 0.15) is 0 Å². The molecule has 0 bridgehead atoms. The van der Waals surface area contributed by atoms with Crippen LogP contribution in [0.3, 0.4) is 0 Å². The zero-order chi connectivity index (χ0) is 22.9. The van der Waals surface area contributed by atoms with Crippen LogP contribution in [0.5, 0.6) is 0 Å². The second-order valence-corrected chi connectivity index (χ2v) is 10.0. The minimum atomic E-state index is 0.0103. The quantitative estimate of drug-likeness (QED) is 0.570. The van der Waals surface area contributed by atoms with Gasteiger partial charge in [-0.25, -0.2) is 9.97 Å². The topological polar surface area (TPSA) is 74.6 Å². The van der Waals surface area contributed by atoms with Gasteiger partial charge in [0.25, 0.3) is 5.91 Å². The van der Waals surface area contributed by atoms with E-state index in [-0.39, 0.29) is 5.91 Å². The third kappa shape index (κ3) is 4.88. The minimum Gasteiger partial charge on any atom is -0.367 e. The van der Waals surface area contributed by atoms with E-state index in [0.29, 0.717) is 23.4 Å². The van der Waals surface area contributed by atoms with Gasteiger partial charge in [0.15, 0.2) is 11.5 Å². The molecule has 2 fully saturated rings. The number of likely N-dealkylation sites (tertiary alicyclic amines) is 1. The van der Waals surface area contributed by atoms with Crippen molar-refractivity contribution in [2.45, 2.75) is 51.5 Å². The van der Waals surface area contributed by atoms with Crippen molar-refractivity contribution in [3.05, 3.63) is 47.9 Å². The molecule has 2 aromatic heterocycles. The summed E-state index contributed by atoms with van der Waals surface area (Å²) < 4.78 is 2.17. The lowest BCUT2D eigenvalue weighted by Gasteiger charge is -2.29. The van der Waals surface area contributed by atoms with Crippen LogP contribution in [-0.2, 0) is 0 Å². The first-order valence-electron chi connectivity index (χ1n) is 12.2. The van der Waals surface area contributed by atoms with Crippen LogP contribution >= 0.6 is 0 Å². The molecule has 0 unspecified atom stereocenters. The molecule has 1 aliphatic carbocycles. The molecule has 2 N–H and O–H groups in total. The van der Waals surface area contributed by atoms with E-state index < -0.39 is 0 Å². The fourth-order valence-electron chi connectivity index (χ4n) is 4.43. The van der Waals surface area contributed by atoms with Gasteiger partial charge in [0.05, 0.1) is 17.6 Å². The molecule has 0 spiro atoms. The smallest absolute Gasteiger partial charge is 0.251 e. The summed E-state index contributed by atoms with van der Waals surface area (Å²) in [4.78, 5) is 24.5. The van der Waals surface area contributed by atoms with E-state index in [0.717, 1.165) is 73.7 Å². The van der Waals surface area contributed by atoms with Crippen LogP contribution in [0.1, 0.15) is 61.5 Å². The standard InChI is InChI=1S/C26H34N6O/c1-17(2)14-27-24-25-28-15-23(19-4-6-20(7-5-19)26(33)29-21-8-9-21)32(25)16-22(30-24)18-10-12-31(3)13-11-18/h4-7,15-18,21H,8-14H2,1-3H3,(H,27,30)(H,29,33). The van der Waals surface area contributed by atoms with Gasteiger partial charge < -0.3 is 15.5 Å². The van der Waals surface area contributed by atoms with E-state index in [1.54, 1.807) is 0 Å². The minimum absolute atomic E-state index is 0.0103. The van der Waals surface area contributed by atoms with Crippen molar-refractivity contribution in [1.29, 1.82) is 0 Å². The summed E-state index contributed by atoms with van der Waals surface area (Å²) in [6.45, 7) is 7.44. The largest absolute Gasteiger partial charge is 0.367 e. The molecule has 1 amide bonds.